The molecule has 0 fully saturated rings. The third kappa shape index (κ3) is 4.35. The van der Waals surface area contributed by atoms with Gasteiger partial charge in [-0.2, -0.15) is 0 Å². The third-order valence-electron chi connectivity index (χ3n) is 4.10. The van der Waals surface area contributed by atoms with Gasteiger partial charge in [0.1, 0.15) is 0 Å². The summed E-state index contributed by atoms with van der Waals surface area (Å²) >= 11 is 0. The van der Waals surface area contributed by atoms with Crippen molar-refractivity contribution < 1.29 is 9.72 Å². The second-order valence-electron chi connectivity index (χ2n) is 6.18. The number of rotatable bonds is 6. The van der Waals surface area contributed by atoms with Gasteiger partial charge in [0.2, 0.25) is 0 Å². The Morgan fingerprint density at radius 1 is 1.04 bits per heavy atom. The number of nitro groups is 1. The van der Waals surface area contributed by atoms with Crippen LogP contribution in [0, 0.1) is 10.1 Å². The number of amides is 1. The Hall–Kier alpha value is -2.89. The molecule has 1 amide bonds. The molecular formula is C19H23N3O3. The largest absolute Gasteiger partial charge is 0.377 e. The van der Waals surface area contributed by atoms with Crippen molar-refractivity contribution in [3.8, 4) is 0 Å². The number of carbonyl (C=O) groups excluding carboxylic acids is 1. The summed E-state index contributed by atoms with van der Waals surface area (Å²) in [5, 5.41) is 11.0. The number of nitrogens with zero attached hydrogens (tertiary/aromatic N) is 3. The monoisotopic (exact) mass is 341 g/mol. The van der Waals surface area contributed by atoms with Gasteiger partial charge in [0.25, 0.3) is 11.6 Å². The SMILES string of the molecule is CCc1ccc(CN(C)C(=O)c2cc([N+](=O)[O-])ccc2N(C)C)cc1. The van der Waals surface area contributed by atoms with Gasteiger partial charge in [0, 0.05) is 45.5 Å². The number of benzene rings is 2. The molecule has 0 aliphatic heterocycles. The van der Waals surface area contributed by atoms with Crippen LogP contribution < -0.4 is 4.90 Å². The molecule has 0 aliphatic rings. The molecule has 0 atom stereocenters. The molecule has 0 bridgehead atoms. The van der Waals surface area contributed by atoms with Crippen LogP contribution >= 0.6 is 0 Å². The van der Waals surface area contributed by atoms with Crippen molar-refractivity contribution in [1.29, 1.82) is 0 Å². The number of carbonyl (C=O) groups is 1. The van der Waals surface area contributed by atoms with E-state index in [0.29, 0.717) is 17.8 Å². The van der Waals surface area contributed by atoms with Crippen molar-refractivity contribution in [2.45, 2.75) is 19.9 Å². The quantitative estimate of drug-likeness (QED) is 0.596. The lowest BCUT2D eigenvalue weighted by Gasteiger charge is -2.22. The molecule has 6 nitrogen and oxygen atoms in total. The Kier molecular flexibility index (Phi) is 5.75. The minimum absolute atomic E-state index is 0.0883. The maximum absolute atomic E-state index is 12.8. The van der Waals surface area contributed by atoms with Crippen LogP contribution in [0.5, 0.6) is 0 Å². The molecular weight excluding hydrogens is 318 g/mol. The van der Waals surface area contributed by atoms with E-state index in [-0.39, 0.29) is 11.6 Å². The molecule has 0 spiro atoms. The smallest absolute Gasteiger partial charge is 0.270 e. The molecule has 0 saturated heterocycles. The molecule has 0 N–H and O–H groups in total. The van der Waals surface area contributed by atoms with Crippen molar-refractivity contribution in [3.63, 3.8) is 0 Å². The van der Waals surface area contributed by atoms with E-state index in [1.165, 1.54) is 17.7 Å². The molecule has 0 heterocycles. The number of non-ortho nitro benzene ring substituents is 1. The predicted octanol–water partition coefficient (Wildman–Crippen LogP) is 3.50. The van der Waals surface area contributed by atoms with Crippen molar-refractivity contribution in [2.24, 2.45) is 0 Å². The fourth-order valence-electron chi connectivity index (χ4n) is 2.63. The summed E-state index contributed by atoms with van der Waals surface area (Å²) < 4.78 is 0. The maximum atomic E-state index is 12.8. The topological polar surface area (TPSA) is 66.7 Å². The van der Waals surface area contributed by atoms with Crippen molar-refractivity contribution >= 4 is 17.3 Å². The third-order valence-corrected chi connectivity index (χ3v) is 4.10. The number of nitro benzene ring substituents is 1. The summed E-state index contributed by atoms with van der Waals surface area (Å²) in [6.45, 7) is 2.54. The average Bonchev–Trinajstić information content (AvgIpc) is 2.60. The van der Waals surface area contributed by atoms with Crippen molar-refractivity contribution in [1.82, 2.24) is 4.90 Å². The summed E-state index contributed by atoms with van der Waals surface area (Å²) in [6, 6.07) is 12.5. The Balaban J connectivity index is 2.27. The van der Waals surface area contributed by atoms with Crippen LogP contribution in [0.2, 0.25) is 0 Å². The Morgan fingerprint density at radius 3 is 2.16 bits per heavy atom. The molecule has 2 aromatic carbocycles. The van der Waals surface area contributed by atoms with Crippen LogP contribution in [0.1, 0.15) is 28.4 Å². The summed E-state index contributed by atoms with van der Waals surface area (Å²) in [6.07, 6.45) is 0.967. The van der Waals surface area contributed by atoms with E-state index in [1.54, 1.807) is 37.0 Å². The minimum atomic E-state index is -0.486. The molecule has 0 radical (unpaired) electrons. The normalized spacial score (nSPS) is 10.4. The zero-order chi connectivity index (χ0) is 18.6. The fraction of sp³-hybridized carbons (Fsp3) is 0.316. The van der Waals surface area contributed by atoms with Gasteiger partial charge < -0.3 is 9.80 Å². The lowest BCUT2D eigenvalue weighted by molar-refractivity contribution is -0.384. The number of aryl methyl sites for hydroxylation is 1. The highest BCUT2D eigenvalue weighted by molar-refractivity contribution is 6.00. The van der Waals surface area contributed by atoms with E-state index in [2.05, 4.69) is 6.92 Å². The molecule has 0 aliphatic carbocycles. The number of hydrogen-bond acceptors (Lipinski definition) is 4. The zero-order valence-electron chi connectivity index (χ0n) is 15.0. The van der Waals surface area contributed by atoms with E-state index in [4.69, 9.17) is 0 Å². The first-order chi connectivity index (χ1) is 11.8. The predicted molar refractivity (Wildman–Crippen MR) is 99.0 cm³/mol. The Labute approximate surface area is 147 Å². The first-order valence-corrected chi connectivity index (χ1v) is 8.12. The van der Waals surface area contributed by atoms with Crippen LogP contribution in [-0.2, 0) is 13.0 Å². The molecule has 132 valence electrons. The van der Waals surface area contributed by atoms with Crippen LogP contribution in [-0.4, -0.2) is 36.9 Å². The van der Waals surface area contributed by atoms with Gasteiger partial charge in [-0.1, -0.05) is 31.2 Å². The Bertz CT molecular complexity index is 770. The molecule has 2 rings (SSSR count). The van der Waals surface area contributed by atoms with Gasteiger partial charge in [0.05, 0.1) is 10.5 Å². The van der Waals surface area contributed by atoms with Gasteiger partial charge >= 0.3 is 0 Å². The van der Waals surface area contributed by atoms with E-state index in [0.717, 1.165) is 12.0 Å². The highest BCUT2D eigenvalue weighted by Gasteiger charge is 2.21. The van der Waals surface area contributed by atoms with E-state index in [9.17, 15) is 14.9 Å². The van der Waals surface area contributed by atoms with Crippen molar-refractivity contribution in [3.05, 3.63) is 69.3 Å². The van der Waals surface area contributed by atoms with Crippen LogP contribution in [0.3, 0.4) is 0 Å². The maximum Gasteiger partial charge on any atom is 0.270 e. The van der Waals surface area contributed by atoms with E-state index < -0.39 is 4.92 Å². The van der Waals surface area contributed by atoms with Gasteiger partial charge in [-0.25, -0.2) is 0 Å². The second kappa shape index (κ2) is 7.79. The van der Waals surface area contributed by atoms with E-state index >= 15 is 0 Å². The highest BCUT2D eigenvalue weighted by atomic mass is 16.6. The first kappa shape index (κ1) is 18.4. The average molecular weight is 341 g/mol. The lowest BCUT2D eigenvalue weighted by atomic mass is 10.1. The van der Waals surface area contributed by atoms with Gasteiger partial charge in [0.15, 0.2) is 0 Å². The number of anilines is 1. The van der Waals surface area contributed by atoms with Gasteiger partial charge in [-0.3, -0.25) is 14.9 Å². The molecule has 2 aromatic rings. The molecule has 0 unspecified atom stereocenters. The lowest BCUT2D eigenvalue weighted by Crippen LogP contribution is -2.28. The minimum Gasteiger partial charge on any atom is -0.377 e. The van der Waals surface area contributed by atoms with Crippen molar-refractivity contribution in [2.75, 3.05) is 26.0 Å². The molecule has 0 aromatic heterocycles. The molecule has 0 saturated carbocycles. The van der Waals surface area contributed by atoms with Crippen LogP contribution in [0.25, 0.3) is 0 Å². The summed E-state index contributed by atoms with van der Waals surface area (Å²) in [7, 11) is 5.32. The second-order valence-corrected chi connectivity index (χ2v) is 6.18. The van der Waals surface area contributed by atoms with Crippen LogP contribution in [0.4, 0.5) is 11.4 Å². The first-order valence-electron chi connectivity index (χ1n) is 8.12. The highest BCUT2D eigenvalue weighted by Crippen LogP contribution is 2.25. The van der Waals surface area contributed by atoms with Crippen LogP contribution in [0.15, 0.2) is 42.5 Å². The fourth-order valence-corrected chi connectivity index (χ4v) is 2.63. The summed E-state index contributed by atoms with van der Waals surface area (Å²) in [5.74, 6) is -0.244. The number of hydrogen-bond donors (Lipinski definition) is 0. The summed E-state index contributed by atoms with van der Waals surface area (Å²) in [4.78, 5) is 26.8. The van der Waals surface area contributed by atoms with Gasteiger partial charge in [-0.05, 0) is 23.6 Å². The Morgan fingerprint density at radius 2 is 1.64 bits per heavy atom. The van der Waals surface area contributed by atoms with E-state index in [1.807, 2.05) is 24.3 Å². The zero-order valence-corrected chi connectivity index (χ0v) is 15.0. The molecule has 25 heavy (non-hydrogen) atoms. The summed E-state index contributed by atoms with van der Waals surface area (Å²) in [5.41, 5.74) is 3.15. The standard InChI is InChI=1S/C19H23N3O3/c1-5-14-6-8-15(9-7-14)13-21(4)19(23)17-12-16(22(24)25)10-11-18(17)20(2)3/h6-12H,5,13H2,1-4H3. The van der Waals surface area contributed by atoms with Gasteiger partial charge in [-0.15, -0.1) is 0 Å². The molecule has 6 heteroatoms.